The minimum atomic E-state index is 0.00533. The second kappa shape index (κ2) is 2.90. The summed E-state index contributed by atoms with van der Waals surface area (Å²) in [6.07, 6.45) is 1.73. The van der Waals surface area contributed by atoms with E-state index in [1.807, 2.05) is 30.3 Å². The molecule has 1 N–H and O–H groups in total. The van der Waals surface area contributed by atoms with Gasteiger partial charge in [-0.2, -0.15) is 0 Å². The van der Waals surface area contributed by atoms with Crippen molar-refractivity contribution in [3.05, 3.63) is 48.8 Å². The Morgan fingerprint density at radius 3 is 2.62 bits per heavy atom. The summed E-state index contributed by atoms with van der Waals surface area (Å²) in [4.78, 5) is 4.06. The molecule has 0 bridgehead atoms. The van der Waals surface area contributed by atoms with Crippen LogP contribution >= 0.6 is 0 Å². The monoisotopic (exact) mass is 171 g/mol. The zero-order chi connectivity index (χ0) is 9.26. The van der Waals surface area contributed by atoms with Crippen LogP contribution in [0.25, 0.3) is 16.5 Å². The summed E-state index contributed by atoms with van der Waals surface area (Å²) in [7, 11) is 0. The average Bonchev–Trinajstić information content (AvgIpc) is 2.17. The SMILES string of the molecule is C=C(O)c1cc2ccccc2cn1. The van der Waals surface area contributed by atoms with Crippen molar-refractivity contribution in [2.24, 2.45) is 0 Å². The number of aromatic nitrogens is 1. The minimum Gasteiger partial charge on any atom is -0.506 e. The van der Waals surface area contributed by atoms with Crippen molar-refractivity contribution in [3.8, 4) is 0 Å². The summed E-state index contributed by atoms with van der Waals surface area (Å²) in [5, 5.41) is 11.2. The number of pyridine rings is 1. The number of aliphatic hydroxyl groups excluding tert-OH is 1. The van der Waals surface area contributed by atoms with Crippen LogP contribution in [0.4, 0.5) is 0 Å². The first kappa shape index (κ1) is 7.80. The maximum Gasteiger partial charge on any atom is 0.134 e. The van der Waals surface area contributed by atoms with Gasteiger partial charge in [-0.15, -0.1) is 0 Å². The molecule has 0 radical (unpaired) electrons. The van der Waals surface area contributed by atoms with E-state index in [1.165, 1.54) is 0 Å². The number of hydrogen-bond donors (Lipinski definition) is 1. The number of nitrogens with zero attached hydrogens (tertiary/aromatic N) is 1. The number of rotatable bonds is 1. The summed E-state index contributed by atoms with van der Waals surface area (Å²) in [5.41, 5.74) is 0.527. The molecular weight excluding hydrogens is 162 g/mol. The quantitative estimate of drug-likeness (QED) is 0.669. The summed E-state index contributed by atoms with van der Waals surface area (Å²) in [6, 6.07) is 9.68. The van der Waals surface area contributed by atoms with Gasteiger partial charge in [0.1, 0.15) is 11.5 Å². The van der Waals surface area contributed by atoms with Gasteiger partial charge in [-0.1, -0.05) is 30.8 Å². The zero-order valence-corrected chi connectivity index (χ0v) is 7.07. The van der Waals surface area contributed by atoms with E-state index < -0.39 is 0 Å². The van der Waals surface area contributed by atoms with Crippen LogP contribution in [0.3, 0.4) is 0 Å². The molecule has 0 amide bonds. The first-order valence-corrected chi connectivity index (χ1v) is 4.00. The lowest BCUT2D eigenvalue weighted by Crippen LogP contribution is -1.86. The van der Waals surface area contributed by atoms with Crippen LogP contribution in [-0.4, -0.2) is 10.1 Å². The molecule has 2 rings (SSSR count). The van der Waals surface area contributed by atoms with Gasteiger partial charge in [0.25, 0.3) is 0 Å². The van der Waals surface area contributed by atoms with E-state index in [-0.39, 0.29) is 5.76 Å². The van der Waals surface area contributed by atoms with Gasteiger partial charge in [0.2, 0.25) is 0 Å². The molecule has 2 nitrogen and oxygen atoms in total. The van der Waals surface area contributed by atoms with Gasteiger partial charge in [0.05, 0.1) is 0 Å². The molecule has 2 aromatic rings. The van der Waals surface area contributed by atoms with Gasteiger partial charge in [0, 0.05) is 11.6 Å². The third kappa shape index (κ3) is 1.38. The first-order chi connectivity index (χ1) is 6.27. The molecule has 0 fully saturated rings. The molecule has 0 saturated carbocycles. The summed E-state index contributed by atoms with van der Waals surface area (Å²) < 4.78 is 0. The Morgan fingerprint density at radius 1 is 1.23 bits per heavy atom. The fourth-order valence-electron chi connectivity index (χ4n) is 1.24. The fraction of sp³-hybridized carbons (Fsp3) is 0. The van der Waals surface area contributed by atoms with Gasteiger partial charge in [0.15, 0.2) is 0 Å². The molecule has 0 spiro atoms. The maximum absolute atomic E-state index is 9.13. The smallest absolute Gasteiger partial charge is 0.134 e. The van der Waals surface area contributed by atoms with Crippen molar-refractivity contribution in [3.63, 3.8) is 0 Å². The summed E-state index contributed by atoms with van der Waals surface area (Å²) in [6.45, 7) is 3.43. The van der Waals surface area contributed by atoms with Gasteiger partial charge < -0.3 is 5.11 Å². The fourth-order valence-corrected chi connectivity index (χ4v) is 1.24. The highest BCUT2D eigenvalue weighted by Gasteiger charge is 1.98. The van der Waals surface area contributed by atoms with Crippen LogP contribution in [0.5, 0.6) is 0 Å². The molecule has 1 aromatic heterocycles. The van der Waals surface area contributed by atoms with Crippen molar-refractivity contribution in [1.29, 1.82) is 0 Å². The van der Waals surface area contributed by atoms with E-state index in [9.17, 15) is 0 Å². The second-order valence-corrected chi connectivity index (χ2v) is 2.86. The van der Waals surface area contributed by atoms with Crippen LogP contribution in [0.2, 0.25) is 0 Å². The lowest BCUT2D eigenvalue weighted by Gasteiger charge is -1.99. The van der Waals surface area contributed by atoms with Gasteiger partial charge in [-0.05, 0) is 11.5 Å². The molecule has 0 saturated heterocycles. The number of benzene rings is 1. The Hall–Kier alpha value is -1.83. The molecule has 1 aromatic carbocycles. The van der Waals surface area contributed by atoms with E-state index in [0.717, 1.165) is 10.8 Å². The van der Waals surface area contributed by atoms with E-state index in [1.54, 1.807) is 6.20 Å². The van der Waals surface area contributed by atoms with E-state index >= 15 is 0 Å². The Labute approximate surface area is 76.2 Å². The van der Waals surface area contributed by atoms with Crippen molar-refractivity contribution in [2.45, 2.75) is 0 Å². The van der Waals surface area contributed by atoms with Crippen molar-refractivity contribution >= 4 is 16.5 Å². The van der Waals surface area contributed by atoms with Gasteiger partial charge in [-0.25, -0.2) is 0 Å². The normalized spacial score (nSPS) is 10.2. The Balaban J connectivity index is 2.69. The van der Waals surface area contributed by atoms with Crippen molar-refractivity contribution in [2.75, 3.05) is 0 Å². The standard InChI is InChI=1S/C11H9NO/c1-8(13)11-6-9-4-2-3-5-10(9)7-12-11/h2-7,13H,1H2. The van der Waals surface area contributed by atoms with Crippen molar-refractivity contribution < 1.29 is 5.11 Å². The third-order valence-corrected chi connectivity index (χ3v) is 1.93. The van der Waals surface area contributed by atoms with Crippen LogP contribution in [0, 0.1) is 0 Å². The molecule has 64 valence electrons. The number of hydrogen-bond acceptors (Lipinski definition) is 2. The van der Waals surface area contributed by atoms with E-state index in [0.29, 0.717) is 5.69 Å². The third-order valence-electron chi connectivity index (χ3n) is 1.93. The lowest BCUT2D eigenvalue weighted by molar-refractivity contribution is 0.511. The first-order valence-electron chi connectivity index (χ1n) is 4.00. The van der Waals surface area contributed by atoms with Crippen LogP contribution in [-0.2, 0) is 0 Å². The number of aliphatic hydroxyl groups is 1. The van der Waals surface area contributed by atoms with Gasteiger partial charge in [-0.3, -0.25) is 4.98 Å². The topological polar surface area (TPSA) is 33.1 Å². The molecule has 0 aliphatic carbocycles. The van der Waals surface area contributed by atoms with Gasteiger partial charge >= 0.3 is 0 Å². The minimum absolute atomic E-state index is 0.00533. The van der Waals surface area contributed by atoms with E-state index in [2.05, 4.69) is 11.6 Å². The lowest BCUT2D eigenvalue weighted by atomic mass is 10.1. The zero-order valence-electron chi connectivity index (χ0n) is 7.07. The summed E-state index contributed by atoms with van der Waals surface area (Å²) >= 11 is 0. The Kier molecular flexibility index (Phi) is 1.74. The molecule has 0 atom stereocenters. The molecule has 0 aliphatic heterocycles. The predicted octanol–water partition coefficient (Wildman–Crippen LogP) is 2.76. The van der Waals surface area contributed by atoms with Crippen molar-refractivity contribution in [1.82, 2.24) is 4.98 Å². The van der Waals surface area contributed by atoms with Crippen LogP contribution in [0.1, 0.15) is 5.69 Å². The second-order valence-electron chi connectivity index (χ2n) is 2.86. The van der Waals surface area contributed by atoms with Crippen LogP contribution in [0.15, 0.2) is 43.1 Å². The average molecular weight is 171 g/mol. The molecular formula is C11H9NO. The molecule has 2 heteroatoms. The Bertz CT molecular complexity index is 462. The molecule has 13 heavy (non-hydrogen) atoms. The Morgan fingerprint density at radius 2 is 1.92 bits per heavy atom. The molecule has 1 heterocycles. The van der Waals surface area contributed by atoms with Crippen LogP contribution < -0.4 is 0 Å². The number of fused-ring (bicyclic) bond motifs is 1. The highest BCUT2D eigenvalue weighted by atomic mass is 16.3. The predicted molar refractivity (Wildman–Crippen MR) is 53.4 cm³/mol. The van der Waals surface area contributed by atoms with E-state index in [4.69, 9.17) is 5.11 Å². The molecule has 0 aliphatic rings. The highest BCUT2D eigenvalue weighted by Crippen LogP contribution is 2.15. The maximum atomic E-state index is 9.13. The molecule has 0 unspecified atom stereocenters. The largest absolute Gasteiger partial charge is 0.506 e. The summed E-state index contributed by atoms with van der Waals surface area (Å²) in [5.74, 6) is 0.00533. The highest BCUT2D eigenvalue weighted by molar-refractivity contribution is 5.83.